The lowest BCUT2D eigenvalue weighted by molar-refractivity contribution is -0.160. The first-order chi connectivity index (χ1) is 10.2. The van der Waals surface area contributed by atoms with E-state index in [9.17, 15) is 26.7 Å². The van der Waals surface area contributed by atoms with Crippen molar-refractivity contribution in [3.63, 3.8) is 0 Å². The van der Waals surface area contributed by atoms with Crippen molar-refractivity contribution >= 4 is 5.91 Å². The van der Waals surface area contributed by atoms with E-state index >= 15 is 0 Å². The third-order valence-corrected chi connectivity index (χ3v) is 2.88. The molecule has 0 aliphatic carbocycles. The van der Waals surface area contributed by atoms with Crippen LogP contribution in [0.4, 0.5) is 22.0 Å². The molecule has 0 N–H and O–H groups in total. The van der Waals surface area contributed by atoms with Crippen molar-refractivity contribution in [1.82, 2.24) is 4.90 Å². The van der Waals surface area contributed by atoms with E-state index in [-0.39, 0.29) is 25.1 Å². The minimum Gasteiger partial charge on any atom is -0.435 e. The molecule has 0 saturated heterocycles. The molecule has 8 heteroatoms. The van der Waals surface area contributed by atoms with Gasteiger partial charge in [0.15, 0.2) is 0 Å². The van der Waals surface area contributed by atoms with E-state index in [1.807, 2.05) is 0 Å². The number of rotatable bonds is 7. The highest BCUT2D eigenvalue weighted by Gasteiger charge is 2.31. The van der Waals surface area contributed by atoms with E-state index in [1.165, 1.54) is 31.2 Å². The Bertz CT molecular complexity index is 473. The van der Waals surface area contributed by atoms with Crippen molar-refractivity contribution in [2.45, 2.75) is 32.6 Å². The number of hydrogen-bond donors (Lipinski definition) is 0. The minimum absolute atomic E-state index is 0.0164. The lowest BCUT2D eigenvalue weighted by Gasteiger charge is -2.22. The highest BCUT2D eigenvalue weighted by molar-refractivity contribution is 5.76. The van der Waals surface area contributed by atoms with Gasteiger partial charge in [-0.2, -0.15) is 22.0 Å². The first-order valence-corrected chi connectivity index (χ1v) is 6.59. The Kier molecular flexibility index (Phi) is 6.58. The summed E-state index contributed by atoms with van der Waals surface area (Å²) >= 11 is 0. The highest BCUT2D eigenvalue weighted by Crippen LogP contribution is 2.18. The van der Waals surface area contributed by atoms with Crippen LogP contribution in [0.1, 0.15) is 18.9 Å². The second-order valence-electron chi connectivity index (χ2n) is 4.55. The predicted octanol–water partition coefficient (Wildman–Crippen LogP) is 3.63. The van der Waals surface area contributed by atoms with E-state index in [0.29, 0.717) is 5.56 Å². The molecule has 0 radical (unpaired) electrons. The Morgan fingerprint density at radius 3 is 2.27 bits per heavy atom. The van der Waals surface area contributed by atoms with Gasteiger partial charge >= 0.3 is 12.8 Å². The summed E-state index contributed by atoms with van der Waals surface area (Å²) < 4.78 is 65.0. The summed E-state index contributed by atoms with van der Waals surface area (Å²) in [5.41, 5.74) is 0.651. The minimum atomic E-state index is -4.43. The van der Waals surface area contributed by atoms with Crippen molar-refractivity contribution in [2.75, 3.05) is 13.1 Å². The number of ether oxygens (including phenoxy) is 1. The summed E-state index contributed by atoms with van der Waals surface area (Å²) in [6, 6.07) is 5.62. The van der Waals surface area contributed by atoms with Gasteiger partial charge in [0, 0.05) is 13.0 Å². The molecule has 0 atom stereocenters. The maximum atomic E-state index is 12.3. The Morgan fingerprint density at radius 2 is 1.82 bits per heavy atom. The average Bonchev–Trinajstić information content (AvgIpc) is 2.42. The van der Waals surface area contributed by atoms with Gasteiger partial charge < -0.3 is 9.64 Å². The molecule has 1 rings (SSSR count). The van der Waals surface area contributed by atoms with Crippen molar-refractivity contribution in [2.24, 2.45) is 0 Å². The second-order valence-corrected chi connectivity index (χ2v) is 4.55. The molecule has 1 amide bonds. The maximum absolute atomic E-state index is 12.3. The molecule has 22 heavy (non-hydrogen) atoms. The van der Waals surface area contributed by atoms with Crippen LogP contribution in [0.2, 0.25) is 0 Å². The summed E-state index contributed by atoms with van der Waals surface area (Å²) in [5, 5.41) is 0. The molecule has 0 unspecified atom stereocenters. The molecule has 0 heterocycles. The molecule has 0 aliphatic heterocycles. The Labute approximate surface area is 124 Å². The second kappa shape index (κ2) is 7.95. The number of hydrogen-bond acceptors (Lipinski definition) is 2. The molecule has 0 saturated carbocycles. The SMILES string of the molecule is CCN(CC(F)(F)F)C(=O)CCc1ccc(OC(F)F)cc1. The molecular weight excluding hydrogens is 309 g/mol. The molecule has 0 spiro atoms. The fraction of sp³-hybridized carbons (Fsp3) is 0.500. The van der Waals surface area contributed by atoms with Crippen LogP contribution < -0.4 is 4.74 Å². The van der Waals surface area contributed by atoms with Gasteiger partial charge in [-0.05, 0) is 31.0 Å². The third kappa shape index (κ3) is 6.73. The van der Waals surface area contributed by atoms with Gasteiger partial charge in [-0.25, -0.2) is 0 Å². The predicted molar refractivity (Wildman–Crippen MR) is 69.7 cm³/mol. The van der Waals surface area contributed by atoms with Gasteiger partial charge in [0.1, 0.15) is 12.3 Å². The molecule has 1 aromatic rings. The number of carbonyl (C=O) groups excluding carboxylic acids is 1. The summed E-state index contributed by atoms with van der Waals surface area (Å²) in [6.45, 7) is -2.75. The zero-order chi connectivity index (χ0) is 16.8. The number of aryl methyl sites for hydroxylation is 1. The smallest absolute Gasteiger partial charge is 0.406 e. The quantitative estimate of drug-likeness (QED) is 0.717. The van der Waals surface area contributed by atoms with Crippen LogP contribution in [-0.4, -0.2) is 36.7 Å². The van der Waals surface area contributed by atoms with Gasteiger partial charge in [0.25, 0.3) is 0 Å². The summed E-state index contributed by atoms with van der Waals surface area (Å²) in [4.78, 5) is 12.5. The van der Waals surface area contributed by atoms with E-state index in [2.05, 4.69) is 4.74 Å². The molecule has 1 aromatic carbocycles. The van der Waals surface area contributed by atoms with E-state index in [0.717, 1.165) is 4.90 Å². The van der Waals surface area contributed by atoms with E-state index in [4.69, 9.17) is 0 Å². The lowest BCUT2D eigenvalue weighted by atomic mass is 10.1. The summed E-state index contributed by atoms with van der Waals surface area (Å²) in [7, 11) is 0. The maximum Gasteiger partial charge on any atom is 0.406 e. The van der Waals surface area contributed by atoms with Crippen molar-refractivity contribution in [3.8, 4) is 5.75 Å². The van der Waals surface area contributed by atoms with Crippen molar-refractivity contribution < 1.29 is 31.5 Å². The number of alkyl halides is 5. The summed E-state index contributed by atoms with van der Waals surface area (Å²) in [6.07, 6.45) is -4.29. The zero-order valence-electron chi connectivity index (χ0n) is 11.9. The molecular formula is C14H16F5NO2. The van der Waals surface area contributed by atoms with Gasteiger partial charge in [-0.1, -0.05) is 12.1 Å². The van der Waals surface area contributed by atoms with Crippen LogP contribution in [0, 0.1) is 0 Å². The van der Waals surface area contributed by atoms with Gasteiger partial charge in [0.2, 0.25) is 5.91 Å². The Hall–Kier alpha value is -1.86. The zero-order valence-corrected chi connectivity index (χ0v) is 11.9. The normalized spacial score (nSPS) is 11.6. The third-order valence-electron chi connectivity index (χ3n) is 2.88. The molecule has 0 fully saturated rings. The Morgan fingerprint density at radius 1 is 1.23 bits per heavy atom. The largest absolute Gasteiger partial charge is 0.435 e. The summed E-state index contributed by atoms with van der Waals surface area (Å²) in [5.74, 6) is -0.620. The molecule has 3 nitrogen and oxygen atoms in total. The molecule has 0 aromatic heterocycles. The van der Waals surface area contributed by atoms with Crippen LogP contribution >= 0.6 is 0 Å². The first-order valence-electron chi connectivity index (χ1n) is 6.59. The number of amides is 1. The number of halogens is 5. The lowest BCUT2D eigenvalue weighted by Crippen LogP contribution is -2.38. The average molecular weight is 325 g/mol. The fourth-order valence-corrected chi connectivity index (χ4v) is 1.84. The van der Waals surface area contributed by atoms with Gasteiger partial charge in [0.05, 0.1) is 0 Å². The van der Waals surface area contributed by atoms with Crippen LogP contribution in [0.15, 0.2) is 24.3 Å². The Balaban J connectivity index is 2.52. The van der Waals surface area contributed by atoms with E-state index in [1.54, 1.807) is 0 Å². The van der Waals surface area contributed by atoms with Crippen LogP contribution in [-0.2, 0) is 11.2 Å². The van der Waals surface area contributed by atoms with E-state index < -0.39 is 25.2 Å². The van der Waals surface area contributed by atoms with Crippen LogP contribution in [0.3, 0.4) is 0 Å². The first kappa shape index (κ1) is 18.2. The monoisotopic (exact) mass is 325 g/mol. The molecule has 124 valence electrons. The van der Waals surface area contributed by atoms with Crippen molar-refractivity contribution in [1.29, 1.82) is 0 Å². The van der Waals surface area contributed by atoms with Crippen LogP contribution in [0.5, 0.6) is 5.75 Å². The van der Waals surface area contributed by atoms with Gasteiger partial charge in [-0.15, -0.1) is 0 Å². The topological polar surface area (TPSA) is 29.5 Å². The van der Waals surface area contributed by atoms with Gasteiger partial charge in [-0.3, -0.25) is 4.79 Å². The fourth-order valence-electron chi connectivity index (χ4n) is 1.84. The molecule has 0 aliphatic rings. The number of benzene rings is 1. The van der Waals surface area contributed by atoms with Crippen molar-refractivity contribution in [3.05, 3.63) is 29.8 Å². The highest BCUT2D eigenvalue weighted by atomic mass is 19.4. The number of nitrogens with zero attached hydrogens (tertiary/aromatic N) is 1. The number of carbonyl (C=O) groups is 1. The standard InChI is InChI=1S/C14H16F5NO2/c1-2-20(9-14(17,18)19)12(21)8-5-10-3-6-11(7-4-10)22-13(15)16/h3-4,6-7,13H,2,5,8-9H2,1H3. The molecule has 0 bridgehead atoms. The van der Waals surface area contributed by atoms with Crippen LogP contribution in [0.25, 0.3) is 0 Å².